The van der Waals surface area contributed by atoms with Crippen LogP contribution in [0.25, 0.3) is 11.2 Å². The molecule has 6 nitrogen and oxygen atoms in total. The molecular weight excluding hydrogens is 340 g/mol. The first-order valence-corrected chi connectivity index (χ1v) is 8.55. The normalized spacial score (nSPS) is 19.1. The zero-order valence-corrected chi connectivity index (χ0v) is 14.5. The van der Waals surface area contributed by atoms with Gasteiger partial charge in [-0.2, -0.15) is 0 Å². The van der Waals surface area contributed by atoms with Gasteiger partial charge in [0.25, 0.3) is 0 Å². The van der Waals surface area contributed by atoms with Gasteiger partial charge in [-0.3, -0.25) is 4.79 Å². The summed E-state index contributed by atoms with van der Waals surface area (Å²) in [6, 6.07) is 8.34. The van der Waals surface area contributed by atoms with Gasteiger partial charge in [-0.15, -0.1) is 0 Å². The highest BCUT2D eigenvalue weighted by Crippen LogP contribution is 2.42. The standard InChI is InChI=1S/C18H17ClN4O2/c1-11(24)25-8-13-6-12(14-4-2-3-5-15(13)14)7-23-10-22-16-17(19)20-9-21-18(16)23/h2-5,9-10,12-13H,6-8H2,1H3/t12-,13+/m1/s1. The fourth-order valence-electron chi connectivity index (χ4n) is 3.62. The zero-order valence-electron chi connectivity index (χ0n) is 13.7. The van der Waals surface area contributed by atoms with Crippen LogP contribution in [0.15, 0.2) is 36.9 Å². The SMILES string of the molecule is CC(=O)OC[C@@H]1C[C@H](Cn2cnc3c(Cl)ncnc32)c2ccccc21. The molecule has 0 bridgehead atoms. The summed E-state index contributed by atoms with van der Waals surface area (Å²) in [5.41, 5.74) is 3.90. The number of halogens is 1. The summed E-state index contributed by atoms with van der Waals surface area (Å²) in [4.78, 5) is 23.8. The number of rotatable bonds is 4. The fraction of sp³-hybridized carbons (Fsp3) is 0.333. The number of benzene rings is 1. The van der Waals surface area contributed by atoms with Crippen molar-refractivity contribution in [2.45, 2.75) is 31.7 Å². The van der Waals surface area contributed by atoms with Crippen LogP contribution in [0.1, 0.15) is 36.3 Å². The Bertz CT molecular complexity index is 940. The maximum Gasteiger partial charge on any atom is 0.302 e. The van der Waals surface area contributed by atoms with Crippen molar-refractivity contribution < 1.29 is 9.53 Å². The molecule has 25 heavy (non-hydrogen) atoms. The Kier molecular flexibility index (Phi) is 4.13. The first-order chi connectivity index (χ1) is 12.1. The molecule has 0 radical (unpaired) electrons. The number of hydrogen-bond acceptors (Lipinski definition) is 5. The van der Waals surface area contributed by atoms with Crippen molar-refractivity contribution in [3.8, 4) is 0 Å². The van der Waals surface area contributed by atoms with Crippen LogP contribution in [-0.4, -0.2) is 32.1 Å². The molecule has 2 aromatic heterocycles. The average molecular weight is 357 g/mol. The predicted octanol–water partition coefficient (Wildman–Crippen LogP) is 3.31. The maximum atomic E-state index is 11.2. The Balaban J connectivity index is 1.62. The molecule has 2 atom stereocenters. The van der Waals surface area contributed by atoms with Crippen LogP contribution in [0, 0.1) is 0 Å². The molecule has 0 amide bonds. The summed E-state index contributed by atoms with van der Waals surface area (Å²) in [6.07, 6.45) is 4.13. The highest BCUT2D eigenvalue weighted by Gasteiger charge is 2.31. The summed E-state index contributed by atoms with van der Waals surface area (Å²) in [6.45, 7) is 2.61. The van der Waals surface area contributed by atoms with E-state index in [1.807, 2.05) is 16.7 Å². The van der Waals surface area contributed by atoms with Gasteiger partial charge >= 0.3 is 5.97 Å². The summed E-state index contributed by atoms with van der Waals surface area (Å²) in [5, 5.41) is 0.364. The van der Waals surface area contributed by atoms with Gasteiger partial charge in [0, 0.05) is 25.3 Å². The van der Waals surface area contributed by atoms with E-state index in [2.05, 4.69) is 27.1 Å². The van der Waals surface area contributed by atoms with E-state index in [-0.39, 0.29) is 11.9 Å². The molecule has 0 N–H and O–H groups in total. The van der Waals surface area contributed by atoms with Gasteiger partial charge in [-0.05, 0) is 17.5 Å². The van der Waals surface area contributed by atoms with E-state index in [4.69, 9.17) is 16.3 Å². The highest BCUT2D eigenvalue weighted by molar-refractivity contribution is 6.33. The number of nitrogens with zero attached hydrogens (tertiary/aromatic N) is 4. The van der Waals surface area contributed by atoms with Crippen LogP contribution >= 0.6 is 11.6 Å². The van der Waals surface area contributed by atoms with E-state index in [0.717, 1.165) is 18.6 Å². The molecule has 0 fully saturated rings. The Morgan fingerprint density at radius 3 is 2.76 bits per heavy atom. The molecule has 1 aliphatic carbocycles. The lowest BCUT2D eigenvalue weighted by atomic mass is 10.0. The van der Waals surface area contributed by atoms with E-state index in [1.54, 1.807) is 6.33 Å². The molecule has 1 aromatic carbocycles. The van der Waals surface area contributed by atoms with Crippen molar-refractivity contribution >= 4 is 28.7 Å². The van der Waals surface area contributed by atoms with Gasteiger partial charge in [-0.1, -0.05) is 35.9 Å². The number of carbonyl (C=O) groups is 1. The number of esters is 1. The van der Waals surface area contributed by atoms with Crippen molar-refractivity contribution in [3.05, 3.63) is 53.2 Å². The van der Waals surface area contributed by atoms with Gasteiger partial charge in [0.1, 0.15) is 11.8 Å². The number of carbonyl (C=O) groups excluding carboxylic acids is 1. The van der Waals surface area contributed by atoms with Crippen molar-refractivity contribution in [1.29, 1.82) is 0 Å². The fourth-order valence-corrected chi connectivity index (χ4v) is 3.80. The first kappa shape index (κ1) is 16.0. The monoisotopic (exact) mass is 356 g/mol. The first-order valence-electron chi connectivity index (χ1n) is 8.17. The predicted molar refractivity (Wildman–Crippen MR) is 93.5 cm³/mol. The van der Waals surface area contributed by atoms with Gasteiger partial charge in [0.05, 0.1) is 12.9 Å². The molecule has 4 rings (SSSR count). The van der Waals surface area contributed by atoms with Crippen LogP contribution in [0.3, 0.4) is 0 Å². The topological polar surface area (TPSA) is 69.9 Å². The van der Waals surface area contributed by atoms with E-state index in [9.17, 15) is 4.79 Å². The number of imidazole rings is 1. The van der Waals surface area contributed by atoms with E-state index in [0.29, 0.717) is 23.2 Å². The van der Waals surface area contributed by atoms with Crippen LogP contribution in [-0.2, 0) is 16.1 Å². The van der Waals surface area contributed by atoms with Crippen molar-refractivity contribution in [2.75, 3.05) is 6.61 Å². The van der Waals surface area contributed by atoms with Crippen molar-refractivity contribution in [1.82, 2.24) is 19.5 Å². The molecule has 7 heteroatoms. The second-order valence-corrected chi connectivity index (χ2v) is 6.65. The molecule has 3 aromatic rings. The second kappa shape index (κ2) is 6.44. The largest absolute Gasteiger partial charge is 0.465 e. The molecule has 0 aliphatic heterocycles. The lowest BCUT2D eigenvalue weighted by Crippen LogP contribution is -2.10. The van der Waals surface area contributed by atoms with E-state index in [1.165, 1.54) is 24.4 Å². The average Bonchev–Trinajstić information content (AvgIpc) is 3.17. The second-order valence-electron chi connectivity index (χ2n) is 6.29. The number of aromatic nitrogens is 4. The number of ether oxygens (including phenoxy) is 1. The molecule has 1 aliphatic rings. The summed E-state index contributed by atoms with van der Waals surface area (Å²) in [7, 11) is 0. The highest BCUT2D eigenvalue weighted by atomic mass is 35.5. The minimum absolute atomic E-state index is 0.220. The number of hydrogen-bond donors (Lipinski definition) is 0. The Morgan fingerprint density at radius 2 is 2.00 bits per heavy atom. The minimum Gasteiger partial charge on any atom is -0.465 e. The lowest BCUT2D eigenvalue weighted by Gasteiger charge is -2.13. The van der Waals surface area contributed by atoms with Crippen LogP contribution in [0.5, 0.6) is 0 Å². The Morgan fingerprint density at radius 1 is 1.24 bits per heavy atom. The molecule has 0 unspecified atom stereocenters. The molecule has 0 saturated carbocycles. The molecule has 128 valence electrons. The summed E-state index contributed by atoms with van der Waals surface area (Å²) in [5.74, 6) is 0.286. The van der Waals surface area contributed by atoms with Crippen molar-refractivity contribution in [3.63, 3.8) is 0 Å². The van der Waals surface area contributed by atoms with Crippen LogP contribution in [0.4, 0.5) is 0 Å². The smallest absolute Gasteiger partial charge is 0.302 e. The molecule has 0 saturated heterocycles. The summed E-state index contributed by atoms with van der Waals surface area (Å²) >= 11 is 6.09. The van der Waals surface area contributed by atoms with Gasteiger partial charge in [0.15, 0.2) is 10.8 Å². The van der Waals surface area contributed by atoms with Crippen LogP contribution in [0.2, 0.25) is 5.15 Å². The van der Waals surface area contributed by atoms with Crippen LogP contribution < -0.4 is 0 Å². The van der Waals surface area contributed by atoms with Crippen molar-refractivity contribution in [2.24, 2.45) is 0 Å². The Labute approximate surface area is 149 Å². The molecule has 2 heterocycles. The third kappa shape index (κ3) is 2.98. The summed E-state index contributed by atoms with van der Waals surface area (Å²) < 4.78 is 7.27. The number of fused-ring (bicyclic) bond motifs is 2. The van der Waals surface area contributed by atoms with Gasteiger partial charge in [-0.25, -0.2) is 15.0 Å². The molecular formula is C18H17ClN4O2. The van der Waals surface area contributed by atoms with E-state index < -0.39 is 0 Å². The zero-order chi connectivity index (χ0) is 17.4. The minimum atomic E-state index is -0.243. The maximum absolute atomic E-state index is 11.2. The third-order valence-electron chi connectivity index (χ3n) is 4.71. The van der Waals surface area contributed by atoms with Gasteiger partial charge < -0.3 is 9.30 Å². The molecule has 0 spiro atoms. The lowest BCUT2D eigenvalue weighted by molar-refractivity contribution is -0.141. The quantitative estimate of drug-likeness (QED) is 0.530. The van der Waals surface area contributed by atoms with E-state index >= 15 is 0 Å². The third-order valence-corrected chi connectivity index (χ3v) is 4.98. The Hall–Kier alpha value is -2.47. The van der Waals surface area contributed by atoms with Gasteiger partial charge in [0.2, 0.25) is 0 Å².